The van der Waals surface area contributed by atoms with E-state index in [0.717, 1.165) is 22.1 Å². The van der Waals surface area contributed by atoms with Crippen molar-refractivity contribution in [2.75, 3.05) is 0 Å². The highest BCUT2D eigenvalue weighted by molar-refractivity contribution is 9.10. The highest BCUT2D eigenvalue weighted by Crippen LogP contribution is 2.30. The summed E-state index contributed by atoms with van der Waals surface area (Å²) < 4.78 is 1.15. The van der Waals surface area contributed by atoms with Crippen molar-refractivity contribution in [1.29, 1.82) is 0 Å². The van der Waals surface area contributed by atoms with Crippen LogP contribution in [0.1, 0.15) is 21.6 Å². The third kappa shape index (κ3) is 3.35. The average molecular weight is 405 g/mol. The number of hydrogen-bond donors (Lipinski definition) is 0. The lowest BCUT2D eigenvalue weighted by atomic mass is 10.1. The summed E-state index contributed by atoms with van der Waals surface area (Å²) in [6.45, 7) is 2.10. The van der Waals surface area contributed by atoms with Gasteiger partial charge < -0.3 is 0 Å². The molecule has 3 aromatic rings. The maximum Gasteiger partial charge on any atom is 0.0705 e. The number of fused-ring (bicyclic) bond motifs is 1. The molecule has 1 heterocycles. The highest BCUT2D eigenvalue weighted by atomic mass is 79.9. The molecule has 0 radical (unpaired) electrons. The predicted molar refractivity (Wildman–Crippen MR) is 96.0 cm³/mol. The molecule has 1 atom stereocenters. The van der Waals surface area contributed by atoms with Crippen LogP contribution in [0.4, 0.5) is 0 Å². The Balaban J connectivity index is 1.85. The summed E-state index contributed by atoms with van der Waals surface area (Å²) in [4.78, 5) is 5.01. The summed E-state index contributed by atoms with van der Waals surface area (Å²) in [5.74, 6) is 0. The largest absolute Gasteiger partial charge is 0.253 e. The Bertz CT molecular complexity index is 783. The topological polar surface area (TPSA) is 12.9 Å². The number of nitrogens with zero attached hydrogens (tertiary/aromatic N) is 1. The molecule has 0 aliphatic heterocycles. The minimum atomic E-state index is 0.267. The van der Waals surface area contributed by atoms with E-state index in [0.29, 0.717) is 0 Å². The maximum absolute atomic E-state index is 4.74. The molecule has 0 fully saturated rings. The number of halogens is 2. The highest BCUT2D eigenvalue weighted by Gasteiger charge is 2.11. The van der Waals surface area contributed by atoms with Crippen LogP contribution in [0.2, 0.25) is 0 Å². The van der Waals surface area contributed by atoms with Gasteiger partial charge in [-0.1, -0.05) is 68.3 Å². The zero-order chi connectivity index (χ0) is 14.8. The first-order valence-corrected chi connectivity index (χ1v) is 8.59. The molecular weight excluding hydrogens is 390 g/mol. The predicted octanol–water partition coefficient (Wildman–Crippen LogP) is 5.98. The summed E-state index contributed by atoms with van der Waals surface area (Å²) in [6, 6.07) is 19.0. The molecule has 1 aromatic heterocycles. The zero-order valence-electron chi connectivity index (χ0n) is 11.7. The van der Waals surface area contributed by atoms with Gasteiger partial charge in [-0.3, -0.25) is 4.98 Å². The van der Waals surface area contributed by atoms with E-state index in [4.69, 9.17) is 4.98 Å². The Hall–Kier alpha value is -1.19. The Morgan fingerprint density at radius 1 is 1.05 bits per heavy atom. The number of alkyl halides is 1. The van der Waals surface area contributed by atoms with Crippen LogP contribution in [0.15, 0.2) is 59.1 Å². The molecule has 21 heavy (non-hydrogen) atoms. The summed E-state index contributed by atoms with van der Waals surface area (Å²) in [5, 5.41) is 1.19. The number of para-hydroxylation sites is 1. The maximum atomic E-state index is 4.74. The molecule has 1 unspecified atom stereocenters. The quantitative estimate of drug-likeness (QED) is 0.489. The third-order valence-electron chi connectivity index (χ3n) is 3.60. The molecule has 0 bridgehead atoms. The monoisotopic (exact) mass is 403 g/mol. The minimum absolute atomic E-state index is 0.267. The van der Waals surface area contributed by atoms with E-state index in [1.807, 2.05) is 12.1 Å². The van der Waals surface area contributed by atoms with Crippen LogP contribution in [0.25, 0.3) is 10.9 Å². The second-order valence-electron chi connectivity index (χ2n) is 5.18. The molecule has 0 amide bonds. The van der Waals surface area contributed by atoms with Crippen molar-refractivity contribution < 1.29 is 0 Å². The van der Waals surface area contributed by atoms with Crippen molar-refractivity contribution in [1.82, 2.24) is 4.98 Å². The molecule has 2 aromatic carbocycles. The molecular formula is C18H15Br2N. The van der Waals surface area contributed by atoms with E-state index in [1.165, 1.54) is 16.5 Å². The number of pyridine rings is 1. The van der Waals surface area contributed by atoms with Crippen molar-refractivity contribution in [3.05, 3.63) is 75.9 Å². The number of aromatic nitrogens is 1. The van der Waals surface area contributed by atoms with Gasteiger partial charge in [0.2, 0.25) is 0 Å². The molecule has 3 rings (SSSR count). The summed E-state index contributed by atoms with van der Waals surface area (Å²) in [5.41, 5.74) is 4.68. The normalized spacial score (nSPS) is 12.5. The first-order valence-electron chi connectivity index (χ1n) is 6.88. The molecule has 106 valence electrons. The second kappa shape index (κ2) is 6.29. The lowest BCUT2D eigenvalue weighted by Crippen LogP contribution is -1.98. The van der Waals surface area contributed by atoms with Gasteiger partial charge >= 0.3 is 0 Å². The SMILES string of the molecule is Cc1ccc(C(Br)Cc2ccc3ccccc3n2)cc1Br. The van der Waals surface area contributed by atoms with Gasteiger partial charge in [-0.25, -0.2) is 0 Å². The molecule has 0 spiro atoms. The van der Waals surface area contributed by atoms with Crippen molar-refractivity contribution >= 4 is 42.8 Å². The van der Waals surface area contributed by atoms with Crippen LogP contribution in [-0.4, -0.2) is 4.98 Å². The molecule has 3 heteroatoms. The zero-order valence-corrected chi connectivity index (χ0v) is 14.9. The number of benzene rings is 2. The summed E-state index contributed by atoms with van der Waals surface area (Å²) >= 11 is 7.38. The number of rotatable bonds is 3. The van der Waals surface area contributed by atoms with Crippen molar-refractivity contribution in [3.8, 4) is 0 Å². The van der Waals surface area contributed by atoms with Crippen LogP contribution in [0, 0.1) is 6.92 Å². The fourth-order valence-electron chi connectivity index (χ4n) is 2.33. The van der Waals surface area contributed by atoms with E-state index < -0.39 is 0 Å². The molecule has 1 nitrogen and oxygen atoms in total. The van der Waals surface area contributed by atoms with Crippen molar-refractivity contribution in [3.63, 3.8) is 0 Å². The first kappa shape index (κ1) is 14.7. The van der Waals surface area contributed by atoms with Gasteiger partial charge in [0.1, 0.15) is 0 Å². The average Bonchev–Trinajstić information content (AvgIpc) is 2.50. The standard InChI is InChI=1S/C18H15Br2N/c1-12-6-7-14(10-16(12)19)17(20)11-15-9-8-13-4-2-3-5-18(13)21-15/h2-10,17H,11H2,1H3. The van der Waals surface area contributed by atoms with E-state index in [-0.39, 0.29) is 4.83 Å². The number of aryl methyl sites for hydroxylation is 1. The minimum Gasteiger partial charge on any atom is -0.253 e. The summed E-state index contributed by atoms with van der Waals surface area (Å²) in [7, 11) is 0. The molecule has 0 aliphatic rings. The Labute approximate surface area is 141 Å². The van der Waals surface area contributed by atoms with E-state index >= 15 is 0 Å². The molecule has 0 saturated carbocycles. The van der Waals surface area contributed by atoms with Gasteiger partial charge in [0.25, 0.3) is 0 Å². The Morgan fingerprint density at radius 2 is 1.86 bits per heavy atom. The van der Waals surface area contributed by atoms with Gasteiger partial charge in [0.15, 0.2) is 0 Å². The van der Waals surface area contributed by atoms with Crippen LogP contribution >= 0.6 is 31.9 Å². The lowest BCUT2D eigenvalue weighted by Gasteiger charge is -2.12. The molecule has 0 saturated heterocycles. The van der Waals surface area contributed by atoms with Gasteiger partial charge in [-0.05, 0) is 36.2 Å². The second-order valence-corrected chi connectivity index (χ2v) is 7.14. The smallest absolute Gasteiger partial charge is 0.0705 e. The van der Waals surface area contributed by atoms with Crippen LogP contribution in [0.5, 0.6) is 0 Å². The van der Waals surface area contributed by atoms with Gasteiger partial charge in [0.05, 0.1) is 5.52 Å². The fourth-order valence-corrected chi connectivity index (χ4v) is 3.34. The molecule has 0 N–H and O–H groups in total. The van der Waals surface area contributed by atoms with E-state index in [1.54, 1.807) is 0 Å². The Morgan fingerprint density at radius 3 is 2.67 bits per heavy atom. The van der Waals surface area contributed by atoms with Crippen LogP contribution in [0.3, 0.4) is 0 Å². The van der Waals surface area contributed by atoms with Gasteiger partial charge in [-0.15, -0.1) is 0 Å². The number of hydrogen-bond acceptors (Lipinski definition) is 1. The van der Waals surface area contributed by atoms with Gasteiger partial charge in [-0.2, -0.15) is 0 Å². The fraction of sp³-hybridized carbons (Fsp3) is 0.167. The van der Waals surface area contributed by atoms with E-state index in [2.05, 4.69) is 81.2 Å². The first-order chi connectivity index (χ1) is 10.1. The van der Waals surface area contributed by atoms with Crippen molar-refractivity contribution in [2.45, 2.75) is 18.2 Å². The Kier molecular flexibility index (Phi) is 4.41. The van der Waals surface area contributed by atoms with E-state index in [9.17, 15) is 0 Å². The lowest BCUT2D eigenvalue weighted by molar-refractivity contribution is 0.911. The van der Waals surface area contributed by atoms with Crippen molar-refractivity contribution in [2.24, 2.45) is 0 Å². The summed E-state index contributed by atoms with van der Waals surface area (Å²) in [6.07, 6.45) is 0.875. The van der Waals surface area contributed by atoms with Crippen LogP contribution < -0.4 is 0 Å². The van der Waals surface area contributed by atoms with Crippen LogP contribution in [-0.2, 0) is 6.42 Å². The third-order valence-corrected chi connectivity index (χ3v) is 5.31. The molecule has 0 aliphatic carbocycles. The van der Waals surface area contributed by atoms with Gasteiger partial charge in [0, 0.05) is 26.8 Å².